The topological polar surface area (TPSA) is 47.7 Å². The smallest absolute Gasteiger partial charge is 0.135 e. The lowest BCUT2D eigenvalue weighted by molar-refractivity contribution is -0.828. The molecule has 1 aliphatic heterocycles. The number of likely N-dealkylation sites (N-methyl/N-ethyl adjacent to an activating group) is 1. The van der Waals surface area contributed by atoms with Gasteiger partial charge >= 0.3 is 0 Å². The molecule has 0 aromatic heterocycles. The SMILES string of the molecule is C[NH+]1c2ccccc2C(C)(C)C1/C=C/c1cc(O)ccc1[O-]. The first-order chi connectivity index (χ1) is 10.4. The predicted octanol–water partition coefficient (Wildman–Crippen LogP) is 1.99. The molecule has 114 valence electrons. The maximum atomic E-state index is 11.9. The van der Waals surface area contributed by atoms with Crippen LogP contribution in [0.15, 0.2) is 48.5 Å². The molecule has 2 aromatic rings. The van der Waals surface area contributed by atoms with Crippen molar-refractivity contribution in [2.45, 2.75) is 25.3 Å². The number of para-hydroxylation sites is 1. The van der Waals surface area contributed by atoms with Crippen molar-refractivity contribution in [3.63, 3.8) is 0 Å². The lowest BCUT2D eigenvalue weighted by atomic mass is 9.80. The van der Waals surface area contributed by atoms with Crippen molar-refractivity contribution in [1.29, 1.82) is 0 Å². The van der Waals surface area contributed by atoms with Gasteiger partial charge in [-0.3, -0.25) is 4.90 Å². The van der Waals surface area contributed by atoms with Crippen LogP contribution in [-0.4, -0.2) is 18.2 Å². The molecule has 1 aliphatic rings. The standard InChI is InChI=1S/C19H21NO2/c1-19(2)15-6-4-5-7-16(15)20(3)18(19)11-8-13-12-14(21)9-10-17(13)22/h4-12,18,21-22H,1-3H3/b11-8+. The Kier molecular flexibility index (Phi) is 3.45. The van der Waals surface area contributed by atoms with Gasteiger partial charge in [0.25, 0.3) is 0 Å². The Bertz CT molecular complexity index is 734. The summed E-state index contributed by atoms with van der Waals surface area (Å²) in [6.07, 6.45) is 3.93. The Morgan fingerprint density at radius 3 is 2.64 bits per heavy atom. The Hall–Kier alpha value is -2.26. The molecule has 0 saturated heterocycles. The van der Waals surface area contributed by atoms with E-state index in [1.165, 1.54) is 34.3 Å². The molecule has 2 atom stereocenters. The normalized spacial score (nSPS) is 22.9. The van der Waals surface area contributed by atoms with Gasteiger partial charge in [-0.05, 0) is 43.7 Å². The average molecular weight is 295 g/mol. The summed E-state index contributed by atoms with van der Waals surface area (Å²) in [5.74, 6) is 0.0499. The molecular weight excluding hydrogens is 274 g/mol. The van der Waals surface area contributed by atoms with E-state index >= 15 is 0 Å². The molecule has 2 aromatic carbocycles. The summed E-state index contributed by atoms with van der Waals surface area (Å²) in [6.45, 7) is 4.47. The maximum absolute atomic E-state index is 11.9. The van der Waals surface area contributed by atoms with Crippen LogP contribution in [0.4, 0.5) is 5.69 Å². The van der Waals surface area contributed by atoms with Gasteiger partial charge in [0, 0.05) is 5.56 Å². The van der Waals surface area contributed by atoms with Gasteiger partial charge in [0.1, 0.15) is 17.5 Å². The van der Waals surface area contributed by atoms with Crippen LogP contribution in [0.1, 0.15) is 25.0 Å². The number of phenols is 1. The molecule has 0 radical (unpaired) electrons. The number of rotatable bonds is 2. The highest BCUT2D eigenvalue weighted by atomic mass is 16.3. The third-order valence-electron chi connectivity index (χ3n) is 4.75. The van der Waals surface area contributed by atoms with Gasteiger partial charge in [-0.1, -0.05) is 30.3 Å². The number of nitrogens with one attached hydrogen (secondary N) is 1. The molecule has 0 bridgehead atoms. The molecular formula is C19H21NO2. The van der Waals surface area contributed by atoms with E-state index in [1.807, 2.05) is 6.08 Å². The van der Waals surface area contributed by atoms with Gasteiger partial charge in [-0.15, -0.1) is 5.75 Å². The van der Waals surface area contributed by atoms with Crippen molar-refractivity contribution in [1.82, 2.24) is 0 Å². The second kappa shape index (κ2) is 5.18. The molecule has 0 aliphatic carbocycles. The van der Waals surface area contributed by atoms with Gasteiger partial charge in [0.05, 0.1) is 12.5 Å². The number of quaternary nitrogens is 1. The first-order valence-corrected chi connectivity index (χ1v) is 7.53. The van der Waals surface area contributed by atoms with Crippen molar-refractivity contribution in [3.8, 4) is 11.5 Å². The van der Waals surface area contributed by atoms with Gasteiger partial charge in [-0.2, -0.15) is 0 Å². The van der Waals surface area contributed by atoms with Crippen LogP contribution in [0.2, 0.25) is 0 Å². The molecule has 3 nitrogen and oxygen atoms in total. The van der Waals surface area contributed by atoms with E-state index in [4.69, 9.17) is 0 Å². The third-order valence-corrected chi connectivity index (χ3v) is 4.75. The zero-order valence-corrected chi connectivity index (χ0v) is 13.1. The van der Waals surface area contributed by atoms with Gasteiger partial charge < -0.3 is 10.2 Å². The largest absolute Gasteiger partial charge is 0.872 e. The zero-order valence-electron chi connectivity index (χ0n) is 13.1. The number of phenolic OH excluding ortho intramolecular Hbond substituents is 1. The number of benzene rings is 2. The first kappa shape index (κ1) is 14.7. The Morgan fingerprint density at radius 2 is 1.91 bits per heavy atom. The van der Waals surface area contributed by atoms with E-state index in [9.17, 15) is 10.2 Å². The lowest BCUT2D eigenvalue weighted by Gasteiger charge is -2.25. The van der Waals surface area contributed by atoms with Crippen LogP contribution in [-0.2, 0) is 5.41 Å². The summed E-state index contributed by atoms with van der Waals surface area (Å²) in [5, 5.41) is 21.4. The van der Waals surface area contributed by atoms with Crippen LogP contribution in [0, 0.1) is 0 Å². The summed E-state index contributed by atoms with van der Waals surface area (Å²) in [6, 6.07) is 13.1. The van der Waals surface area contributed by atoms with Crippen LogP contribution >= 0.6 is 0 Å². The summed E-state index contributed by atoms with van der Waals surface area (Å²) in [7, 11) is 2.16. The molecule has 1 heterocycles. The number of hydrogen-bond acceptors (Lipinski definition) is 2. The molecule has 2 unspecified atom stereocenters. The van der Waals surface area contributed by atoms with Crippen molar-refractivity contribution in [2.24, 2.45) is 0 Å². The fraction of sp³-hybridized carbons (Fsp3) is 0.263. The van der Waals surface area contributed by atoms with Crippen LogP contribution < -0.4 is 10.0 Å². The molecule has 3 rings (SSSR count). The zero-order chi connectivity index (χ0) is 15.9. The quantitative estimate of drug-likeness (QED) is 0.890. The van der Waals surface area contributed by atoms with Crippen molar-refractivity contribution >= 4 is 11.8 Å². The molecule has 0 fully saturated rings. The summed E-state index contributed by atoms with van der Waals surface area (Å²) >= 11 is 0. The second-order valence-electron chi connectivity index (χ2n) is 6.51. The van der Waals surface area contributed by atoms with Gasteiger partial charge in [0.2, 0.25) is 0 Å². The van der Waals surface area contributed by atoms with E-state index in [0.717, 1.165) is 0 Å². The second-order valence-corrected chi connectivity index (χ2v) is 6.51. The predicted molar refractivity (Wildman–Crippen MR) is 86.4 cm³/mol. The van der Waals surface area contributed by atoms with E-state index < -0.39 is 0 Å². The number of fused-ring (bicyclic) bond motifs is 1. The summed E-state index contributed by atoms with van der Waals surface area (Å²) in [5.41, 5.74) is 3.18. The van der Waals surface area contributed by atoms with Crippen molar-refractivity contribution in [2.75, 3.05) is 7.05 Å². The van der Waals surface area contributed by atoms with Gasteiger partial charge in [0.15, 0.2) is 0 Å². The fourth-order valence-electron chi connectivity index (χ4n) is 3.52. The summed E-state index contributed by atoms with van der Waals surface area (Å²) in [4.78, 5) is 1.32. The molecule has 0 spiro atoms. The average Bonchev–Trinajstić information content (AvgIpc) is 2.68. The van der Waals surface area contributed by atoms with E-state index in [-0.39, 0.29) is 23.0 Å². The molecule has 0 saturated carbocycles. The van der Waals surface area contributed by atoms with Crippen LogP contribution in [0.3, 0.4) is 0 Å². The minimum Gasteiger partial charge on any atom is -0.872 e. The molecule has 0 amide bonds. The first-order valence-electron chi connectivity index (χ1n) is 7.53. The third kappa shape index (κ3) is 2.28. The molecule has 2 N–H and O–H groups in total. The Balaban J connectivity index is 1.96. The number of hydrogen-bond donors (Lipinski definition) is 2. The molecule has 3 heteroatoms. The monoisotopic (exact) mass is 295 g/mol. The van der Waals surface area contributed by atoms with Crippen LogP contribution in [0.25, 0.3) is 6.08 Å². The highest BCUT2D eigenvalue weighted by Gasteiger charge is 2.45. The van der Waals surface area contributed by atoms with Crippen LogP contribution in [0.5, 0.6) is 11.5 Å². The van der Waals surface area contributed by atoms with Crippen molar-refractivity contribution in [3.05, 3.63) is 59.7 Å². The summed E-state index contributed by atoms with van der Waals surface area (Å²) < 4.78 is 0. The van der Waals surface area contributed by atoms with Gasteiger partial charge in [-0.25, -0.2) is 0 Å². The van der Waals surface area contributed by atoms with Crippen molar-refractivity contribution < 1.29 is 15.1 Å². The highest BCUT2D eigenvalue weighted by Crippen LogP contribution is 2.36. The fourth-order valence-corrected chi connectivity index (χ4v) is 3.52. The van der Waals surface area contributed by atoms with E-state index in [0.29, 0.717) is 5.56 Å². The highest BCUT2D eigenvalue weighted by molar-refractivity contribution is 5.60. The maximum Gasteiger partial charge on any atom is 0.135 e. The minimum absolute atomic E-state index is 0.00293. The van der Waals surface area contributed by atoms with E-state index in [2.05, 4.69) is 51.2 Å². The molecule has 22 heavy (non-hydrogen) atoms. The Labute approximate surface area is 131 Å². The number of aromatic hydroxyl groups is 1. The Morgan fingerprint density at radius 1 is 1.18 bits per heavy atom. The van der Waals surface area contributed by atoms with E-state index in [1.54, 1.807) is 0 Å². The lowest BCUT2D eigenvalue weighted by Crippen LogP contribution is -3.07. The minimum atomic E-state index is -0.0694.